The smallest absolute Gasteiger partial charge is 0.119 e. The van der Waals surface area contributed by atoms with Crippen LogP contribution in [-0.4, -0.2) is 11.3 Å². The van der Waals surface area contributed by atoms with Gasteiger partial charge < -0.3 is 10.5 Å². The molecule has 0 aromatic heterocycles. The van der Waals surface area contributed by atoms with Crippen LogP contribution in [0.25, 0.3) is 0 Å². The molecular weight excluding hydrogens is 114 g/mol. The molecular formula is C7H9NO. The molecule has 2 N–H and O–H groups in total. The Morgan fingerprint density at radius 1 is 1.67 bits per heavy atom. The molecule has 2 heteroatoms. The molecule has 0 radical (unpaired) electrons. The summed E-state index contributed by atoms with van der Waals surface area (Å²) in [5, 5.41) is 15.9. The van der Waals surface area contributed by atoms with Gasteiger partial charge in [-0.15, -0.1) is 0 Å². The molecule has 0 aliphatic heterocycles. The molecule has 48 valence electrons. The maximum Gasteiger partial charge on any atom is 0.119 e. The van der Waals surface area contributed by atoms with Crippen molar-refractivity contribution in [1.82, 2.24) is 0 Å². The number of nitrogens with one attached hydrogen (secondary N) is 1. The van der Waals surface area contributed by atoms with Crippen LogP contribution in [0, 0.1) is 5.41 Å². The van der Waals surface area contributed by atoms with Crippen molar-refractivity contribution in [2.45, 2.75) is 12.8 Å². The van der Waals surface area contributed by atoms with Crippen LogP contribution in [0.5, 0.6) is 0 Å². The number of aliphatic hydroxyl groups excluding tert-OH is 1. The molecule has 0 aromatic rings. The fourth-order valence-corrected chi connectivity index (χ4v) is 0.815. The van der Waals surface area contributed by atoms with E-state index in [-0.39, 0.29) is 5.76 Å². The molecule has 0 atom stereocenters. The monoisotopic (exact) mass is 123 g/mol. The summed E-state index contributed by atoms with van der Waals surface area (Å²) in [6.07, 6.45) is 6.49. The molecule has 0 amide bonds. The highest BCUT2D eigenvalue weighted by molar-refractivity contribution is 5.77. The summed E-state index contributed by atoms with van der Waals surface area (Å²) in [6, 6.07) is 0. The average molecular weight is 123 g/mol. The minimum atomic E-state index is 0.247. The zero-order chi connectivity index (χ0) is 6.69. The lowest BCUT2D eigenvalue weighted by atomic mass is 10.1. The molecule has 2 nitrogen and oxygen atoms in total. The van der Waals surface area contributed by atoms with Crippen molar-refractivity contribution < 1.29 is 5.11 Å². The molecule has 0 unspecified atom stereocenters. The van der Waals surface area contributed by atoms with E-state index in [1.165, 1.54) is 6.21 Å². The average Bonchev–Trinajstić information content (AvgIpc) is 1.89. The van der Waals surface area contributed by atoms with Gasteiger partial charge in [0.2, 0.25) is 0 Å². The first-order valence-electron chi connectivity index (χ1n) is 2.93. The Morgan fingerprint density at radius 2 is 2.44 bits per heavy atom. The predicted octanol–water partition coefficient (Wildman–Crippen LogP) is 1.80. The highest BCUT2D eigenvalue weighted by Gasteiger charge is 2.02. The van der Waals surface area contributed by atoms with E-state index >= 15 is 0 Å². The van der Waals surface area contributed by atoms with Crippen molar-refractivity contribution in [3.05, 3.63) is 23.5 Å². The van der Waals surface area contributed by atoms with Crippen LogP contribution in [0.15, 0.2) is 23.5 Å². The van der Waals surface area contributed by atoms with Gasteiger partial charge in [-0.05, 0) is 18.9 Å². The fraction of sp³-hybridized carbons (Fsp3) is 0.286. The first kappa shape index (κ1) is 6.08. The highest BCUT2D eigenvalue weighted by atomic mass is 16.3. The summed E-state index contributed by atoms with van der Waals surface area (Å²) >= 11 is 0. The van der Waals surface area contributed by atoms with Gasteiger partial charge in [-0.1, -0.05) is 6.08 Å². The van der Waals surface area contributed by atoms with E-state index in [0.29, 0.717) is 0 Å². The summed E-state index contributed by atoms with van der Waals surface area (Å²) in [5.74, 6) is 0.247. The summed E-state index contributed by atoms with van der Waals surface area (Å²) < 4.78 is 0. The Morgan fingerprint density at radius 3 is 2.89 bits per heavy atom. The van der Waals surface area contributed by atoms with Crippen molar-refractivity contribution in [3.63, 3.8) is 0 Å². The van der Waals surface area contributed by atoms with Crippen molar-refractivity contribution in [2.24, 2.45) is 0 Å². The Kier molecular flexibility index (Phi) is 1.68. The van der Waals surface area contributed by atoms with Crippen LogP contribution in [-0.2, 0) is 0 Å². The Hall–Kier alpha value is -1.05. The maximum atomic E-state index is 9.01. The van der Waals surface area contributed by atoms with Gasteiger partial charge in [0.25, 0.3) is 0 Å². The van der Waals surface area contributed by atoms with E-state index in [1.54, 1.807) is 6.08 Å². The largest absolute Gasteiger partial charge is 0.508 e. The third-order valence-corrected chi connectivity index (χ3v) is 1.36. The van der Waals surface area contributed by atoms with Crippen molar-refractivity contribution >= 4 is 6.21 Å². The van der Waals surface area contributed by atoms with Crippen molar-refractivity contribution in [3.8, 4) is 0 Å². The van der Waals surface area contributed by atoms with Gasteiger partial charge in [-0.2, -0.15) is 0 Å². The lowest BCUT2D eigenvalue weighted by Crippen LogP contribution is -1.94. The fourth-order valence-electron chi connectivity index (χ4n) is 0.815. The lowest BCUT2D eigenvalue weighted by Gasteiger charge is -2.04. The van der Waals surface area contributed by atoms with Gasteiger partial charge in [-0.25, -0.2) is 0 Å². The summed E-state index contributed by atoms with van der Waals surface area (Å²) in [5.41, 5.74) is 0.734. The molecule has 9 heavy (non-hydrogen) atoms. The van der Waals surface area contributed by atoms with Gasteiger partial charge >= 0.3 is 0 Å². The summed E-state index contributed by atoms with van der Waals surface area (Å²) in [7, 11) is 0. The van der Waals surface area contributed by atoms with Crippen LogP contribution in [0.4, 0.5) is 0 Å². The standard InChI is InChI=1S/C7H9NO/c8-5-6-3-1-2-4-7(6)9/h2,4-5,8-9H,1,3H2. The maximum absolute atomic E-state index is 9.01. The molecule has 0 saturated heterocycles. The Labute approximate surface area is 54.0 Å². The van der Waals surface area contributed by atoms with Crippen LogP contribution in [0.1, 0.15) is 12.8 Å². The van der Waals surface area contributed by atoms with Gasteiger partial charge in [0.1, 0.15) is 5.76 Å². The second-order valence-electron chi connectivity index (χ2n) is 2.00. The normalized spacial score (nSPS) is 18.2. The van der Waals surface area contributed by atoms with E-state index in [1.807, 2.05) is 6.08 Å². The van der Waals surface area contributed by atoms with E-state index in [4.69, 9.17) is 10.5 Å². The highest BCUT2D eigenvalue weighted by Crippen LogP contribution is 2.13. The van der Waals surface area contributed by atoms with Crippen LogP contribution < -0.4 is 0 Å². The van der Waals surface area contributed by atoms with Crippen LogP contribution in [0.3, 0.4) is 0 Å². The lowest BCUT2D eigenvalue weighted by molar-refractivity contribution is 0.423. The van der Waals surface area contributed by atoms with Gasteiger partial charge in [0, 0.05) is 11.8 Å². The van der Waals surface area contributed by atoms with E-state index < -0.39 is 0 Å². The zero-order valence-electron chi connectivity index (χ0n) is 5.09. The van der Waals surface area contributed by atoms with E-state index in [0.717, 1.165) is 18.4 Å². The topological polar surface area (TPSA) is 44.1 Å². The van der Waals surface area contributed by atoms with Gasteiger partial charge in [0.05, 0.1) is 0 Å². The number of hydrogen-bond donors (Lipinski definition) is 2. The molecule has 0 fully saturated rings. The van der Waals surface area contributed by atoms with E-state index in [2.05, 4.69) is 0 Å². The van der Waals surface area contributed by atoms with Gasteiger partial charge in [-0.3, -0.25) is 0 Å². The van der Waals surface area contributed by atoms with Gasteiger partial charge in [0.15, 0.2) is 0 Å². The minimum absolute atomic E-state index is 0.247. The first-order valence-corrected chi connectivity index (χ1v) is 2.93. The Balaban J connectivity index is 2.84. The number of allylic oxidation sites excluding steroid dienone is 3. The summed E-state index contributed by atoms with van der Waals surface area (Å²) in [4.78, 5) is 0. The molecule has 1 aliphatic carbocycles. The first-order chi connectivity index (χ1) is 4.34. The predicted molar refractivity (Wildman–Crippen MR) is 36.8 cm³/mol. The van der Waals surface area contributed by atoms with Crippen molar-refractivity contribution in [2.75, 3.05) is 0 Å². The minimum Gasteiger partial charge on any atom is -0.508 e. The summed E-state index contributed by atoms with van der Waals surface area (Å²) in [6.45, 7) is 0. The third kappa shape index (κ3) is 1.19. The molecule has 1 aliphatic rings. The SMILES string of the molecule is N=CC1=C(O)C=CCC1. The molecule has 0 aromatic carbocycles. The molecule has 0 bridgehead atoms. The molecule has 0 spiro atoms. The van der Waals surface area contributed by atoms with Crippen molar-refractivity contribution in [1.29, 1.82) is 5.41 Å². The van der Waals surface area contributed by atoms with Crippen LogP contribution in [0.2, 0.25) is 0 Å². The van der Waals surface area contributed by atoms with Crippen LogP contribution >= 0.6 is 0 Å². The third-order valence-electron chi connectivity index (χ3n) is 1.36. The van der Waals surface area contributed by atoms with E-state index in [9.17, 15) is 0 Å². The number of hydrogen-bond acceptors (Lipinski definition) is 2. The molecule has 0 heterocycles. The quantitative estimate of drug-likeness (QED) is 0.513. The second-order valence-corrected chi connectivity index (χ2v) is 2.00. The molecule has 1 rings (SSSR count). The zero-order valence-corrected chi connectivity index (χ0v) is 5.09. The second kappa shape index (κ2) is 2.49. The molecule has 0 saturated carbocycles. The Bertz CT molecular complexity index is 179. The number of rotatable bonds is 1. The number of aliphatic hydroxyl groups is 1.